The second-order valence-corrected chi connectivity index (χ2v) is 5.53. The van der Waals surface area contributed by atoms with Crippen LogP contribution < -0.4 is 4.90 Å². The van der Waals surface area contributed by atoms with Gasteiger partial charge in [-0.15, -0.1) is 0 Å². The molecule has 11 heteroatoms. The number of benzene rings is 2. The molecule has 152 valence electrons. The minimum Gasteiger partial charge on any atom is -0.269 e. The van der Waals surface area contributed by atoms with E-state index < -0.39 is 46.1 Å². The second kappa shape index (κ2) is 7.02. The number of rotatable bonds is 4. The van der Waals surface area contributed by atoms with Crippen LogP contribution in [0.4, 0.5) is 45.2 Å². The van der Waals surface area contributed by atoms with Crippen LogP contribution in [0.2, 0.25) is 0 Å². The number of carbonyl (C=O) groups excluding carboxylic acids is 1. The lowest BCUT2D eigenvalue weighted by Crippen LogP contribution is -2.72. The Morgan fingerprint density at radius 1 is 0.643 bits per heavy atom. The van der Waals surface area contributed by atoms with Gasteiger partial charge in [0.05, 0.1) is 0 Å². The minimum absolute atomic E-state index is 0.605. The van der Waals surface area contributed by atoms with Crippen LogP contribution in [0, 0.1) is 0 Å². The maximum absolute atomic E-state index is 15.0. The summed E-state index contributed by atoms with van der Waals surface area (Å²) in [7, 11) is 0. The van der Waals surface area contributed by atoms with Crippen molar-refractivity contribution in [2.45, 2.75) is 24.1 Å². The zero-order valence-electron chi connectivity index (χ0n) is 13.5. The molecule has 0 saturated carbocycles. The van der Waals surface area contributed by atoms with Crippen molar-refractivity contribution in [3.63, 3.8) is 0 Å². The number of nitrogens with zero attached hydrogens (tertiary/aromatic N) is 1. The molecule has 0 aliphatic carbocycles. The quantitative estimate of drug-likeness (QED) is 0.460. The third-order valence-electron chi connectivity index (χ3n) is 3.69. The maximum atomic E-state index is 15.0. The van der Waals surface area contributed by atoms with Gasteiger partial charge in [0, 0.05) is 11.3 Å². The molecule has 2 aromatic carbocycles. The highest BCUT2D eigenvalue weighted by atomic mass is 19.4. The minimum atomic E-state index is -6.97. The normalized spacial score (nSPS) is 15.0. The molecule has 0 N–H and O–H groups in total. The SMILES string of the molecule is O=C(c1ccccc1)N(c1ccccc1)C(F)(C(F)(F)F)C(F)(F)C(F)(F)F. The fraction of sp³-hybridized carbons (Fsp3) is 0.235. The molecule has 0 radical (unpaired) electrons. The first-order valence-electron chi connectivity index (χ1n) is 7.40. The van der Waals surface area contributed by atoms with Crippen LogP contribution in [0.1, 0.15) is 10.4 Å². The Hall–Kier alpha value is -2.72. The summed E-state index contributed by atoms with van der Waals surface area (Å²) in [4.78, 5) is 11.3. The van der Waals surface area contributed by atoms with E-state index in [1.54, 1.807) is 0 Å². The lowest BCUT2D eigenvalue weighted by Gasteiger charge is -2.43. The lowest BCUT2D eigenvalue weighted by molar-refractivity contribution is -0.380. The molecule has 0 spiro atoms. The summed E-state index contributed by atoms with van der Waals surface area (Å²) >= 11 is 0. The third kappa shape index (κ3) is 3.40. The van der Waals surface area contributed by atoms with Gasteiger partial charge in [-0.05, 0) is 24.3 Å². The molecule has 0 fully saturated rings. The first kappa shape index (κ1) is 21.6. The summed E-state index contributed by atoms with van der Waals surface area (Å²) in [6.07, 6.45) is -13.7. The molecule has 0 heterocycles. The number of anilines is 1. The van der Waals surface area contributed by atoms with Crippen molar-refractivity contribution >= 4 is 11.6 Å². The van der Waals surface area contributed by atoms with E-state index in [1.165, 1.54) is 12.1 Å². The van der Waals surface area contributed by atoms with Crippen molar-refractivity contribution in [1.82, 2.24) is 0 Å². The number of alkyl halides is 9. The molecule has 1 unspecified atom stereocenters. The van der Waals surface area contributed by atoms with Crippen LogP contribution >= 0.6 is 0 Å². The van der Waals surface area contributed by atoms with Crippen molar-refractivity contribution in [3.05, 3.63) is 66.2 Å². The fourth-order valence-corrected chi connectivity index (χ4v) is 2.35. The Bertz CT molecular complexity index is 818. The van der Waals surface area contributed by atoms with E-state index in [9.17, 15) is 44.3 Å². The van der Waals surface area contributed by atoms with Gasteiger partial charge in [0.2, 0.25) is 0 Å². The molecule has 0 bridgehead atoms. The molecule has 0 aliphatic heterocycles. The standard InChI is InChI=1S/C17H10F9NO/c18-14(19,16(21,22)23)15(20,17(24,25)26)27(12-9-5-2-6-10-12)13(28)11-7-3-1-4-8-11/h1-10H. The number of amides is 1. The zero-order valence-corrected chi connectivity index (χ0v) is 13.5. The lowest BCUT2D eigenvalue weighted by atomic mass is 10.0. The number of hydrogen-bond donors (Lipinski definition) is 0. The summed E-state index contributed by atoms with van der Waals surface area (Å²) in [5.74, 6) is -15.4. The molecule has 0 aromatic heterocycles. The highest BCUT2D eigenvalue weighted by Gasteiger charge is 2.84. The van der Waals surface area contributed by atoms with E-state index in [-0.39, 0.29) is 0 Å². The Morgan fingerprint density at radius 2 is 1.07 bits per heavy atom. The van der Waals surface area contributed by atoms with Crippen LogP contribution in [0.15, 0.2) is 60.7 Å². The summed E-state index contributed by atoms with van der Waals surface area (Å²) in [5, 5.41) is 0. The van der Waals surface area contributed by atoms with E-state index in [0.29, 0.717) is 12.1 Å². The fourth-order valence-electron chi connectivity index (χ4n) is 2.35. The van der Waals surface area contributed by atoms with Gasteiger partial charge in [-0.1, -0.05) is 36.4 Å². The topological polar surface area (TPSA) is 20.3 Å². The number of halogens is 9. The Kier molecular flexibility index (Phi) is 5.41. The molecular formula is C17H10F9NO. The van der Waals surface area contributed by atoms with Gasteiger partial charge in [-0.2, -0.15) is 35.1 Å². The first-order valence-corrected chi connectivity index (χ1v) is 7.40. The van der Waals surface area contributed by atoms with Gasteiger partial charge >= 0.3 is 24.1 Å². The largest absolute Gasteiger partial charge is 0.459 e. The number of hydrogen-bond acceptors (Lipinski definition) is 1. The second-order valence-electron chi connectivity index (χ2n) is 5.53. The van der Waals surface area contributed by atoms with Crippen LogP contribution in [-0.4, -0.2) is 30.0 Å². The highest BCUT2D eigenvalue weighted by molar-refractivity contribution is 6.07. The van der Waals surface area contributed by atoms with E-state index in [1.807, 2.05) is 0 Å². The van der Waals surface area contributed by atoms with E-state index in [2.05, 4.69) is 0 Å². The molecule has 1 atom stereocenters. The van der Waals surface area contributed by atoms with Crippen LogP contribution in [0.5, 0.6) is 0 Å². The summed E-state index contributed by atoms with van der Waals surface area (Å²) < 4.78 is 121. The summed E-state index contributed by atoms with van der Waals surface area (Å²) in [6.45, 7) is 0. The van der Waals surface area contributed by atoms with Crippen molar-refractivity contribution in [2.24, 2.45) is 0 Å². The van der Waals surface area contributed by atoms with Crippen LogP contribution in [-0.2, 0) is 0 Å². The van der Waals surface area contributed by atoms with Gasteiger partial charge in [0.25, 0.3) is 5.91 Å². The van der Waals surface area contributed by atoms with Gasteiger partial charge in [0.1, 0.15) is 0 Å². The van der Waals surface area contributed by atoms with Gasteiger partial charge in [-0.25, -0.2) is 4.39 Å². The van der Waals surface area contributed by atoms with Crippen molar-refractivity contribution in [2.75, 3.05) is 4.90 Å². The first-order chi connectivity index (χ1) is 12.7. The predicted octanol–water partition coefficient (Wildman–Crippen LogP) is 5.76. The summed E-state index contributed by atoms with van der Waals surface area (Å²) in [5.41, 5.74) is -1.87. The molecule has 2 rings (SSSR count). The van der Waals surface area contributed by atoms with Gasteiger partial charge in [-0.3, -0.25) is 9.69 Å². The van der Waals surface area contributed by atoms with Crippen LogP contribution in [0.25, 0.3) is 0 Å². The van der Waals surface area contributed by atoms with Crippen molar-refractivity contribution in [1.29, 1.82) is 0 Å². The Labute approximate surface area is 152 Å². The molecule has 0 aliphatic rings. The molecule has 2 aromatic rings. The molecule has 28 heavy (non-hydrogen) atoms. The zero-order chi connectivity index (χ0) is 21.4. The Morgan fingerprint density at radius 3 is 1.46 bits per heavy atom. The Balaban J connectivity index is 2.83. The molecule has 0 saturated heterocycles. The van der Waals surface area contributed by atoms with Gasteiger partial charge in [0.15, 0.2) is 0 Å². The maximum Gasteiger partial charge on any atom is 0.459 e. The summed E-state index contributed by atoms with van der Waals surface area (Å²) in [6, 6.07) is 9.52. The molecule has 1 amide bonds. The third-order valence-corrected chi connectivity index (χ3v) is 3.69. The van der Waals surface area contributed by atoms with E-state index in [4.69, 9.17) is 0 Å². The van der Waals surface area contributed by atoms with Gasteiger partial charge < -0.3 is 0 Å². The highest BCUT2D eigenvalue weighted by Crippen LogP contribution is 2.55. The van der Waals surface area contributed by atoms with Crippen molar-refractivity contribution < 1.29 is 44.3 Å². The average molecular weight is 415 g/mol. The van der Waals surface area contributed by atoms with E-state index >= 15 is 0 Å². The van der Waals surface area contributed by atoms with Crippen molar-refractivity contribution in [3.8, 4) is 0 Å². The van der Waals surface area contributed by atoms with Crippen LogP contribution in [0.3, 0.4) is 0 Å². The number of para-hydroxylation sites is 1. The molecular weight excluding hydrogens is 405 g/mol. The van der Waals surface area contributed by atoms with E-state index in [0.717, 1.165) is 36.4 Å². The predicted molar refractivity (Wildman–Crippen MR) is 80.6 cm³/mol. The number of carbonyl (C=O) groups is 1. The average Bonchev–Trinajstić information content (AvgIpc) is 2.61. The monoisotopic (exact) mass is 415 g/mol. The smallest absolute Gasteiger partial charge is 0.269 e. The molecule has 2 nitrogen and oxygen atoms in total.